The summed E-state index contributed by atoms with van der Waals surface area (Å²) in [5, 5.41) is 14.5. The zero-order valence-corrected chi connectivity index (χ0v) is 16.3. The monoisotopic (exact) mass is 401 g/mol. The molecule has 0 saturated heterocycles. The highest BCUT2D eigenvalue weighted by Gasteiger charge is 2.19. The summed E-state index contributed by atoms with van der Waals surface area (Å²) < 4.78 is 10.9. The fourth-order valence-electron chi connectivity index (χ4n) is 3.62. The fraction of sp³-hybridized carbons (Fsp3) is 0.318. The number of aliphatic hydroxyl groups excluding tert-OH is 1. The van der Waals surface area contributed by atoms with Gasteiger partial charge in [-0.1, -0.05) is 30.3 Å². The Balaban J connectivity index is 0.00000225. The van der Waals surface area contributed by atoms with Gasteiger partial charge >= 0.3 is 5.63 Å². The minimum Gasteiger partial charge on any atom is -0.490 e. The Kier molecular flexibility index (Phi) is 6.73. The van der Waals surface area contributed by atoms with E-state index in [1.54, 1.807) is 24.3 Å². The highest BCUT2D eigenvalue weighted by atomic mass is 35.5. The first-order valence-corrected chi connectivity index (χ1v) is 9.33. The third-order valence-corrected chi connectivity index (χ3v) is 5.04. The normalized spacial score (nSPS) is 16.8. The molecule has 2 N–H and O–H groups in total. The maximum atomic E-state index is 11.3. The Bertz CT molecular complexity index is 987. The molecule has 4 rings (SSSR count). The van der Waals surface area contributed by atoms with Crippen LogP contribution in [-0.2, 0) is 12.8 Å². The van der Waals surface area contributed by atoms with Crippen molar-refractivity contribution in [3.05, 3.63) is 76.1 Å². The summed E-state index contributed by atoms with van der Waals surface area (Å²) in [4.78, 5) is 11.3. The van der Waals surface area contributed by atoms with Crippen molar-refractivity contribution >= 4 is 23.4 Å². The molecule has 3 aromatic rings. The summed E-state index contributed by atoms with van der Waals surface area (Å²) in [6.07, 6.45) is 2.52. The summed E-state index contributed by atoms with van der Waals surface area (Å²) in [5.74, 6) is 0.599. The van der Waals surface area contributed by atoms with E-state index in [-0.39, 0.29) is 19.0 Å². The summed E-state index contributed by atoms with van der Waals surface area (Å²) in [6, 6.07) is 17.3. The number of rotatable bonds is 6. The standard InChI is InChI=1S/C22H23NO4.ClH/c24-18(13-23-17-9-8-15-4-1-2-5-16(15)12-17)14-26-20-6-3-7-21-19(20)10-11-22(25)27-21;/h1-7,10-11,17-18,23-24H,8-9,12-14H2;1H. The number of ether oxygens (including phenoxy) is 1. The van der Waals surface area contributed by atoms with Crippen LogP contribution in [0.5, 0.6) is 5.75 Å². The molecular formula is C22H24ClNO4. The molecule has 0 saturated carbocycles. The minimum absolute atomic E-state index is 0. The predicted octanol–water partition coefficient (Wildman–Crippen LogP) is 3.10. The van der Waals surface area contributed by atoms with E-state index in [0.29, 0.717) is 23.9 Å². The van der Waals surface area contributed by atoms with Crippen LogP contribution in [0.25, 0.3) is 11.0 Å². The van der Waals surface area contributed by atoms with E-state index in [4.69, 9.17) is 9.15 Å². The van der Waals surface area contributed by atoms with Crippen molar-refractivity contribution in [2.75, 3.05) is 13.2 Å². The average Bonchev–Trinajstić information content (AvgIpc) is 2.70. The topological polar surface area (TPSA) is 71.7 Å². The molecule has 0 radical (unpaired) electrons. The van der Waals surface area contributed by atoms with Crippen molar-refractivity contribution in [2.45, 2.75) is 31.4 Å². The van der Waals surface area contributed by atoms with Gasteiger partial charge in [0.15, 0.2) is 0 Å². The lowest BCUT2D eigenvalue weighted by molar-refractivity contribution is 0.104. The van der Waals surface area contributed by atoms with Gasteiger partial charge in [-0.15, -0.1) is 12.4 Å². The van der Waals surface area contributed by atoms with Crippen LogP contribution >= 0.6 is 12.4 Å². The number of hydrogen-bond acceptors (Lipinski definition) is 5. The van der Waals surface area contributed by atoms with Gasteiger partial charge < -0.3 is 19.6 Å². The quantitative estimate of drug-likeness (QED) is 0.621. The van der Waals surface area contributed by atoms with Gasteiger partial charge in [0.05, 0.1) is 5.39 Å². The van der Waals surface area contributed by atoms with Gasteiger partial charge in [-0.2, -0.15) is 0 Å². The van der Waals surface area contributed by atoms with Gasteiger partial charge in [-0.25, -0.2) is 4.79 Å². The van der Waals surface area contributed by atoms with Crippen molar-refractivity contribution in [3.8, 4) is 5.75 Å². The van der Waals surface area contributed by atoms with Crippen LogP contribution < -0.4 is 15.7 Å². The predicted molar refractivity (Wildman–Crippen MR) is 111 cm³/mol. The van der Waals surface area contributed by atoms with Gasteiger partial charge in [0.25, 0.3) is 0 Å². The maximum Gasteiger partial charge on any atom is 0.336 e. The first kappa shape index (κ1) is 20.4. The fourth-order valence-corrected chi connectivity index (χ4v) is 3.62. The van der Waals surface area contributed by atoms with E-state index >= 15 is 0 Å². The van der Waals surface area contributed by atoms with Gasteiger partial charge in [-0.05, 0) is 48.6 Å². The van der Waals surface area contributed by atoms with E-state index in [0.717, 1.165) is 24.6 Å². The largest absolute Gasteiger partial charge is 0.490 e. The Morgan fingerprint density at radius 2 is 1.93 bits per heavy atom. The van der Waals surface area contributed by atoms with E-state index in [2.05, 4.69) is 29.6 Å². The van der Waals surface area contributed by atoms with Crippen molar-refractivity contribution in [3.63, 3.8) is 0 Å². The molecule has 5 nitrogen and oxygen atoms in total. The third-order valence-electron chi connectivity index (χ3n) is 5.04. The van der Waals surface area contributed by atoms with E-state index in [1.807, 2.05) is 0 Å². The van der Waals surface area contributed by atoms with Crippen LogP contribution in [0.15, 0.2) is 63.8 Å². The highest BCUT2D eigenvalue weighted by Crippen LogP contribution is 2.24. The smallest absolute Gasteiger partial charge is 0.336 e. The van der Waals surface area contributed by atoms with Crippen molar-refractivity contribution in [1.82, 2.24) is 5.32 Å². The number of benzene rings is 2. The van der Waals surface area contributed by atoms with Crippen LogP contribution in [-0.4, -0.2) is 30.4 Å². The van der Waals surface area contributed by atoms with Crippen LogP contribution in [0.1, 0.15) is 17.5 Å². The molecule has 0 spiro atoms. The van der Waals surface area contributed by atoms with Crippen LogP contribution in [0.2, 0.25) is 0 Å². The molecule has 1 aliphatic rings. The lowest BCUT2D eigenvalue weighted by Gasteiger charge is -2.26. The number of aliphatic hydroxyl groups is 1. The van der Waals surface area contributed by atoms with Gasteiger partial charge in [0.2, 0.25) is 0 Å². The molecule has 1 aromatic heterocycles. The van der Waals surface area contributed by atoms with Crippen molar-refractivity contribution in [1.29, 1.82) is 0 Å². The second kappa shape index (κ2) is 9.24. The SMILES string of the molecule is Cl.O=c1ccc2c(OCC(O)CNC3CCc4ccccc4C3)cccc2o1. The third kappa shape index (κ3) is 4.73. The highest BCUT2D eigenvalue weighted by molar-refractivity contribution is 5.85. The number of halogens is 1. The van der Waals surface area contributed by atoms with E-state index in [9.17, 15) is 9.90 Å². The Morgan fingerprint density at radius 1 is 1.11 bits per heavy atom. The number of fused-ring (bicyclic) bond motifs is 2. The molecule has 1 heterocycles. The average molecular weight is 402 g/mol. The van der Waals surface area contributed by atoms with Gasteiger partial charge in [-0.3, -0.25) is 0 Å². The molecule has 0 aliphatic heterocycles. The number of aryl methyl sites for hydroxylation is 1. The second-order valence-electron chi connectivity index (χ2n) is 7.00. The van der Waals surface area contributed by atoms with E-state index in [1.165, 1.54) is 17.2 Å². The maximum absolute atomic E-state index is 11.3. The minimum atomic E-state index is -0.617. The van der Waals surface area contributed by atoms with E-state index < -0.39 is 11.7 Å². The molecule has 28 heavy (non-hydrogen) atoms. The zero-order chi connectivity index (χ0) is 18.6. The number of hydrogen-bond donors (Lipinski definition) is 2. The summed E-state index contributed by atoms with van der Waals surface area (Å²) in [5.41, 5.74) is 2.91. The molecule has 2 aromatic carbocycles. The summed E-state index contributed by atoms with van der Waals surface area (Å²) in [6.45, 7) is 0.654. The van der Waals surface area contributed by atoms with Crippen molar-refractivity contribution < 1.29 is 14.3 Å². The van der Waals surface area contributed by atoms with Gasteiger partial charge in [0.1, 0.15) is 24.0 Å². The zero-order valence-electron chi connectivity index (χ0n) is 15.5. The Labute approximate surface area is 169 Å². The van der Waals surface area contributed by atoms with Crippen LogP contribution in [0.4, 0.5) is 0 Å². The molecule has 0 fully saturated rings. The van der Waals surface area contributed by atoms with Crippen LogP contribution in [0, 0.1) is 0 Å². The molecule has 148 valence electrons. The molecular weight excluding hydrogens is 378 g/mol. The lowest BCUT2D eigenvalue weighted by Crippen LogP contribution is -2.40. The molecule has 0 bridgehead atoms. The Morgan fingerprint density at radius 3 is 2.79 bits per heavy atom. The summed E-state index contributed by atoms with van der Waals surface area (Å²) in [7, 11) is 0. The van der Waals surface area contributed by atoms with Gasteiger partial charge in [0, 0.05) is 18.7 Å². The molecule has 1 aliphatic carbocycles. The molecule has 0 amide bonds. The molecule has 2 atom stereocenters. The lowest BCUT2D eigenvalue weighted by atomic mass is 9.88. The number of nitrogens with one attached hydrogen (secondary N) is 1. The first-order valence-electron chi connectivity index (χ1n) is 9.33. The molecule has 2 unspecified atom stereocenters. The van der Waals surface area contributed by atoms with Crippen molar-refractivity contribution in [2.24, 2.45) is 0 Å². The second-order valence-corrected chi connectivity index (χ2v) is 7.00. The first-order chi connectivity index (χ1) is 13.2. The van der Waals surface area contributed by atoms with Crippen LogP contribution in [0.3, 0.4) is 0 Å². The molecule has 6 heteroatoms. The summed E-state index contributed by atoms with van der Waals surface area (Å²) >= 11 is 0. The Hall–Kier alpha value is -2.34.